The zero-order chi connectivity index (χ0) is 22.1. The average Bonchev–Trinajstić information content (AvgIpc) is 2.69. The van der Waals surface area contributed by atoms with Crippen LogP contribution >= 0.6 is 0 Å². The number of phenolic OH excluding ortho intramolecular Hbond substituents is 1. The van der Waals surface area contributed by atoms with E-state index in [2.05, 4.69) is 5.32 Å². The van der Waals surface area contributed by atoms with Gasteiger partial charge >= 0.3 is 6.18 Å². The van der Waals surface area contributed by atoms with Crippen molar-refractivity contribution in [2.75, 3.05) is 37.3 Å². The number of hydrogen-bond acceptors (Lipinski definition) is 5. The van der Waals surface area contributed by atoms with E-state index >= 15 is 0 Å². The molecule has 0 radical (unpaired) electrons. The first-order valence-electron chi connectivity index (χ1n) is 9.59. The summed E-state index contributed by atoms with van der Waals surface area (Å²) in [5.74, 6) is -0.0819. The number of phenols is 1. The van der Waals surface area contributed by atoms with Crippen LogP contribution in [0.25, 0.3) is 0 Å². The van der Waals surface area contributed by atoms with Crippen LogP contribution < -0.4 is 10.2 Å². The molecule has 0 bridgehead atoms. The Kier molecular flexibility index (Phi) is 9.29. The van der Waals surface area contributed by atoms with Crippen molar-refractivity contribution in [1.82, 2.24) is 5.32 Å². The zero-order valence-corrected chi connectivity index (χ0v) is 17.5. The maximum atomic E-state index is 12.9. The molecule has 166 valence electrons. The number of rotatable bonds is 11. The van der Waals surface area contributed by atoms with Crippen molar-refractivity contribution >= 4 is 16.9 Å². The van der Waals surface area contributed by atoms with E-state index < -0.39 is 30.0 Å². The summed E-state index contributed by atoms with van der Waals surface area (Å²) >= 11 is -1.37. The van der Waals surface area contributed by atoms with Gasteiger partial charge in [-0.2, -0.15) is 13.2 Å². The Hall–Kier alpha value is -1.94. The minimum atomic E-state index is -4.27. The molecule has 0 amide bonds. The van der Waals surface area contributed by atoms with E-state index in [-0.39, 0.29) is 23.7 Å². The molecule has 2 aromatic carbocycles. The number of para-hydroxylation sites is 1. The van der Waals surface area contributed by atoms with Crippen LogP contribution in [0, 0.1) is 0 Å². The Morgan fingerprint density at radius 3 is 2.47 bits per heavy atom. The lowest BCUT2D eigenvalue weighted by Crippen LogP contribution is -2.35. The molecule has 2 unspecified atom stereocenters. The van der Waals surface area contributed by atoms with Crippen LogP contribution in [-0.2, 0) is 11.2 Å². The second-order valence-corrected chi connectivity index (χ2v) is 8.33. The number of alkyl halides is 3. The number of anilines is 1. The Bertz CT molecular complexity index is 776. The fourth-order valence-corrected chi connectivity index (χ4v) is 3.70. The van der Waals surface area contributed by atoms with Crippen LogP contribution in [-0.4, -0.2) is 53.4 Å². The van der Waals surface area contributed by atoms with Gasteiger partial charge in [-0.05, 0) is 54.3 Å². The lowest BCUT2D eigenvalue weighted by Gasteiger charge is -2.26. The molecule has 2 rings (SSSR count). The van der Waals surface area contributed by atoms with Gasteiger partial charge in [0, 0.05) is 24.8 Å². The number of hydrogen-bond donors (Lipinski definition) is 3. The van der Waals surface area contributed by atoms with Crippen LogP contribution in [0.2, 0.25) is 0 Å². The molecule has 0 fully saturated rings. The molecule has 2 atom stereocenters. The number of aliphatic hydroxyl groups is 1. The Morgan fingerprint density at radius 1 is 1.13 bits per heavy atom. The molecule has 2 aromatic rings. The molecule has 0 aromatic heterocycles. The second kappa shape index (κ2) is 11.5. The normalized spacial score (nSPS) is 13.8. The van der Waals surface area contributed by atoms with Gasteiger partial charge < -0.3 is 25.0 Å². The molecule has 9 heteroatoms. The molecule has 0 saturated carbocycles. The van der Waals surface area contributed by atoms with E-state index in [1.165, 1.54) is 23.3 Å². The van der Waals surface area contributed by atoms with E-state index in [1.54, 1.807) is 36.4 Å². The average molecular weight is 445 g/mol. The van der Waals surface area contributed by atoms with Crippen molar-refractivity contribution in [3.05, 3.63) is 54.1 Å². The molecule has 0 aliphatic carbocycles. The summed E-state index contributed by atoms with van der Waals surface area (Å²) in [4.78, 5) is 1.58. The molecule has 0 saturated heterocycles. The predicted octanol–water partition coefficient (Wildman–Crippen LogP) is 3.60. The van der Waals surface area contributed by atoms with Crippen LogP contribution in [0.4, 0.5) is 18.9 Å². The largest absolute Gasteiger partial charge is 0.612 e. The van der Waals surface area contributed by atoms with Gasteiger partial charge in [-0.3, -0.25) is 0 Å². The summed E-state index contributed by atoms with van der Waals surface area (Å²) in [6, 6.07) is 13.0. The van der Waals surface area contributed by atoms with Crippen LogP contribution in [0.1, 0.15) is 24.5 Å². The number of unbranched alkanes of at least 4 members (excludes halogenated alkanes) is 1. The minimum absolute atomic E-state index is 0.0819. The minimum Gasteiger partial charge on any atom is -0.612 e. The van der Waals surface area contributed by atoms with Gasteiger partial charge in [0.1, 0.15) is 12.8 Å². The van der Waals surface area contributed by atoms with Crippen molar-refractivity contribution < 1.29 is 27.9 Å². The quantitative estimate of drug-likeness (QED) is 0.365. The summed E-state index contributed by atoms with van der Waals surface area (Å²) in [5, 5.41) is 23.0. The molecule has 0 aliphatic rings. The summed E-state index contributed by atoms with van der Waals surface area (Å²) in [5.41, 5.74) is 1.07. The number of nitrogens with one attached hydrogen (secondary N) is 1. The summed E-state index contributed by atoms with van der Waals surface area (Å²) < 4.78 is 50.2. The third-order valence-corrected chi connectivity index (χ3v) is 5.49. The Labute approximate surface area is 177 Å². The van der Waals surface area contributed by atoms with Crippen molar-refractivity contribution in [2.24, 2.45) is 0 Å². The molecular formula is C21H27F3N2O3S. The second-order valence-electron chi connectivity index (χ2n) is 6.98. The highest BCUT2D eigenvalue weighted by atomic mass is 32.2. The van der Waals surface area contributed by atoms with Gasteiger partial charge in [0.05, 0.1) is 6.10 Å². The number of aromatic hydroxyl groups is 1. The summed E-state index contributed by atoms with van der Waals surface area (Å²) in [6.07, 6.45) is -2.47. The smallest absolute Gasteiger partial charge is 0.405 e. The fraction of sp³-hybridized carbons (Fsp3) is 0.429. The molecule has 3 N–H and O–H groups in total. The van der Waals surface area contributed by atoms with Crippen LogP contribution in [0.15, 0.2) is 53.4 Å². The van der Waals surface area contributed by atoms with Gasteiger partial charge in [0.2, 0.25) is 0 Å². The molecule has 0 spiro atoms. The zero-order valence-electron chi connectivity index (χ0n) is 16.7. The number of nitrogens with zero attached hydrogens (tertiary/aromatic N) is 1. The highest BCUT2D eigenvalue weighted by molar-refractivity contribution is 7.90. The Balaban J connectivity index is 1.77. The topological polar surface area (TPSA) is 78.8 Å². The number of benzene rings is 2. The van der Waals surface area contributed by atoms with Crippen molar-refractivity contribution in [3.63, 3.8) is 0 Å². The first kappa shape index (κ1) is 24.3. The maximum Gasteiger partial charge on any atom is 0.405 e. The van der Waals surface area contributed by atoms with Gasteiger partial charge in [0.25, 0.3) is 0 Å². The van der Waals surface area contributed by atoms with E-state index in [0.29, 0.717) is 30.6 Å². The van der Waals surface area contributed by atoms with Crippen molar-refractivity contribution in [3.8, 4) is 5.75 Å². The first-order chi connectivity index (χ1) is 14.2. The molecule has 5 nitrogen and oxygen atoms in total. The standard InChI is InChI=1S/C21H27F3N2O3S/c1-30(29)20-13-16(9-10-18(20)27)19(28)14-25-11-5-6-12-26(15-21(22,23)24)17-7-3-2-4-8-17/h2-4,7-10,13,19,25,27-28H,5-6,11-12,14-15H2,1H3. The van der Waals surface area contributed by atoms with E-state index in [1.807, 2.05) is 0 Å². The van der Waals surface area contributed by atoms with Crippen molar-refractivity contribution in [1.29, 1.82) is 0 Å². The number of halogens is 3. The monoisotopic (exact) mass is 444 g/mol. The summed E-state index contributed by atoms with van der Waals surface area (Å²) in [7, 11) is 0. The summed E-state index contributed by atoms with van der Waals surface area (Å²) in [6.45, 7) is 0.0599. The Morgan fingerprint density at radius 2 is 1.83 bits per heavy atom. The third-order valence-electron chi connectivity index (χ3n) is 4.54. The highest BCUT2D eigenvalue weighted by Crippen LogP contribution is 2.26. The molecular weight excluding hydrogens is 417 g/mol. The van der Waals surface area contributed by atoms with Gasteiger partial charge in [-0.25, -0.2) is 0 Å². The van der Waals surface area contributed by atoms with E-state index in [0.717, 1.165) is 0 Å². The van der Waals surface area contributed by atoms with E-state index in [4.69, 9.17) is 0 Å². The van der Waals surface area contributed by atoms with Gasteiger partial charge in [-0.15, -0.1) is 0 Å². The van der Waals surface area contributed by atoms with Crippen molar-refractivity contribution in [2.45, 2.75) is 30.0 Å². The maximum absolute atomic E-state index is 12.9. The SMILES string of the molecule is C[S+]([O-])c1cc(C(O)CNCCCCN(CC(F)(F)F)c2ccccc2)ccc1O. The van der Waals surface area contributed by atoms with Crippen LogP contribution in [0.3, 0.4) is 0 Å². The third kappa shape index (κ3) is 8.06. The first-order valence-corrected chi connectivity index (χ1v) is 11.1. The van der Waals surface area contributed by atoms with E-state index in [9.17, 15) is 27.9 Å². The van der Waals surface area contributed by atoms with Gasteiger partial charge in [0.15, 0.2) is 10.6 Å². The molecule has 0 aliphatic heterocycles. The molecule has 30 heavy (non-hydrogen) atoms. The lowest BCUT2D eigenvalue weighted by atomic mass is 10.1. The number of aliphatic hydroxyl groups excluding tert-OH is 1. The lowest BCUT2D eigenvalue weighted by molar-refractivity contribution is -0.119. The van der Waals surface area contributed by atoms with Crippen LogP contribution in [0.5, 0.6) is 5.75 Å². The fourth-order valence-electron chi connectivity index (χ4n) is 3.03. The molecule has 0 heterocycles. The highest BCUT2D eigenvalue weighted by Gasteiger charge is 2.30. The van der Waals surface area contributed by atoms with Gasteiger partial charge in [-0.1, -0.05) is 24.3 Å². The predicted molar refractivity (Wildman–Crippen MR) is 112 cm³/mol.